The first-order valence-corrected chi connectivity index (χ1v) is 11.4. The molecule has 1 aromatic carbocycles. The lowest BCUT2D eigenvalue weighted by molar-refractivity contribution is -0.274. The van der Waals surface area contributed by atoms with E-state index >= 15 is 0 Å². The van der Waals surface area contributed by atoms with Gasteiger partial charge in [0.15, 0.2) is 10.8 Å². The molecular formula is C17H14F3N5O6S2. The zero-order valence-corrected chi connectivity index (χ0v) is 17.9. The number of thiazole rings is 1. The number of alkyl halides is 3. The van der Waals surface area contributed by atoms with Crippen LogP contribution in [0.3, 0.4) is 0 Å². The Labute approximate surface area is 187 Å². The van der Waals surface area contributed by atoms with Gasteiger partial charge in [0, 0.05) is 19.6 Å². The highest BCUT2D eigenvalue weighted by molar-refractivity contribution is 7.89. The summed E-state index contributed by atoms with van der Waals surface area (Å²) in [5.41, 5.74) is -0.223. The number of aromatic nitrogens is 3. The van der Waals surface area contributed by atoms with Crippen LogP contribution in [-0.2, 0) is 14.8 Å². The van der Waals surface area contributed by atoms with Gasteiger partial charge in [-0.1, -0.05) is 11.3 Å². The number of carboxylic acids is 1. The highest BCUT2D eigenvalue weighted by Crippen LogP contribution is 2.30. The zero-order valence-electron chi connectivity index (χ0n) is 16.3. The lowest BCUT2D eigenvalue weighted by Gasteiger charge is -2.38. The average Bonchev–Trinajstić information content (AvgIpc) is 3.18. The third-order valence-corrected chi connectivity index (χ3v) is 7.76. The SMILES string of the molecule is O=C(O)C1CN(c2nc3nc[nH]c(=O)c3s2)CCN1S(=O)(=O)c1ccc(OC(F)(F)F)cc1. The smallest absolute Gasteiger partial charge is 0.480 e. The second-order valence-electron chi connectivity index (χ2n) is 6.82. The van der Waals surface area contributed by atoms with Gasteiger partial charge in [0.2, 0.25) is 10.0 Å². The van der Waals surface area contributed by atoms with E-state index in [1.165, 1.54) is 11.2 Å². The van der Waals surface area contributed by atoms with Crippen LogP contribution in [0.5, 0.6) is 5.75 Å². The van der Waals surface area contributed by atoms with E-state index < -0.39 is 39.7 Å². The molecule has 1 unspecified atom stereocenters. The third kappa shape index (κ3) is 4.62. The molecule has 33 heavy (non-hydrogen) atoms. The molecule has 0 bridgehead atoms. The molecule has 0 radical (unpaired) electrons. The Bertz CT molecular complexity index is 1360. The van der Waals surface area contributed by atoms with E-state index in [0.717, 1.165) is 39.9 Å². The van der Waals surface area contributed by atoms with Gasteiger partial charge in [-0.05, 0) is 24.3 Å². The number of sulfonamides is 1. The summed E-state index contributed by atoms with van der Waals surface area (Å²) >= 11 is 0.997. The number of fused-ring (bicyclic) bond motifs is 1. The zero-order chi connectivity index (χ0) is 24.0. The van der Waals surface area contributed by atoms with Crippen molar-refractivity contribution in [3.63, 3.8) is 0 Å². The molecule has 176 valence electrons. The van der Waals surface area contributed by atoms with E-state index in [1.54, 1.807) is 0 Å². The lowest BCUT2D eigenvalue weighted by Crippen LogP contribution is -2.58. The first-order chi connectivity index (χ1) is 15.5. The fraction of sp³-hybridized carbons (Fsp3) is 0.294. The fourth-order valence-electron chi connectivity index (χ4n) is 3.27. The quantitative estimate of drug-likeness (QED) is 0.523. The number of ether oxygens (including phenoxy) is 1. The van der Waals surface area contributed by atoms with Crippen LogP contribution in [0.25, 0.3) is 10.3 Å². The van der Waals surface area contributed by atoms with Crippen molar-refractivity contribution in [1.82, 2.24) is 19.3 Å². The Morgan fingerprint density at radius 1 is 1.24 bits per heavy atom. The van der Waals surface area contributed by atoms with Gasteiger partial charge in [0.1, 0.15) is 16.5 Å². The molecule has 4 rings (SSSR count). The number of aliphatic carboxylic acids is 1. The highest BCUT2D eigenvalue weighted by Gasteiger charge is 2.41. The van der Waals surface area contributed by atoms with Crippen LogP contribution in [0.1, 0.15) is 0 Å². The Morgan fingerprint density at radius 3 is 2.55 bits per heavy atom. The van der Waals surface area contributed by atoms with Crippen LogP contribution in [-0.4, -0.2) is 70.8 Å². The standard InChI is InChI=1S/C17H14F3N5O6S2/c18-17(19,20)31-9-1-3-10(4-2-9)33(29,30)25-6-5-24(7-11(25)15(27)28)16-23-13-12(32-16)14(26)22-8-21-13/h1-4,8,11H,5-7H2,(H,27,28)(H,21,22,26). The summed E-state index contributed by atoms with van der Waals surface area (Å²) in [6.45, 7) is -0.433. The Kier molecular flexibility index (Phi) is 5.75. The molecule has 2 aromatic heterocycles. The number of H-pyrrole nitrogens is 1. The van der Waals surface area contributed by atoms with Crippen molar-refractivity contribution >= 4 is 42.8 Å². The topological polar surface area (TPSA) is 146 Å². The van der Waals surface area contributed by atoms with Gasteiger partial charge in [0.05, 0.1) is 11.2 Å². The van der Waals surface area contributed by atoms with Crippen molar-refractivity contribution in [2.45, 2.75) is 17.3 Å². The Morgan fingerprint density at radius 2 is 1.94 bits per heavy atom. The Balaban J connectivity index is 1.59. The van der Waals surface area contributed by atoms with Crippen molar-refractivity contribution in [1.29, 1.82) is 0 Å². The van der Waals surface area contributed by atoms with Gasteiger partial charge in [0.25, 0.3) is 5.56 Å². The van der Waals surface area contributed by atoms with E-state index in [9.17, 15) is 36.3 Å². The molecular weight excluding hydrogens is 491 g/mol. The number of anilines is 1. The Hall–Kier alpha value is -3.24. The van der Waals surface area contributed by atoms with Crippen molar-refractivity contribution in [3.8, 4) is 5.75 Å². The first kappa shape index (κ1) is 22.9. The largest absolute Gasteiger partial charge is 0.573 e. The summed E-state index contributed by atoms with van der Waals surface area (Å²) in [6.07, 6.45) is -3.75. The molecule has 1 saturated heterocycles. The summed E-state index contributed by atoms with van der Waals surface area (Å²) in [7, 11) is -4.35. The number of aromatic amines is 1. The van der Waals surface area contributed by atoms with Crippen molar-refractivity contribution in [2.24, 2.45) is 0 Å². The monoisotopic (exact) mass is 505 g/mol. The van der Waals surface area contributed by atoms with Crippen LogP contribution in [0.2, 0.25) is 0 Å². The number of halogens is 3. The maximum Gasteiger partial charge on any atom is 0.573 e. The molecule has 16 heteroatoms. The molecule has 11 nitrogen and oxygen atoms in total. The molecule has 1 aliphatic rings. The van der Waals surface area contributed by atoms with Gasteiger partial charge in [-0.3, -0.25) is 9.59 Å². The van der Waals surface area contributed by atoms with E-state index in [-0.39, 0.29) is 34.9 Å². The van der Waals surface area contributed by atoms with Gasteiger partial charge >= 0.3 is 12.3 Å². The number of rotatable bonds is 5. The number of carboxylic acid groups (broad SMARTS) is 1. The molecule has 0 amide bonds. The van der Waals surface area contributed by atoms with Crippen LogP contribution >= 0.6 is 11.3 Å². The minimum Gasteiger partial charge on any atom is -0.480 e. The maximum absolute atomic E-state index is 13.0. The van der Waals surface area contributed by atoms with Crippen molar-refractivity contribution in [3.05, 3.63) is 40.9 Å². The summed E-state index contributed by atoms with van der Waals surface area (Å²) in [5, 5.41) is 9.99. The number of hydrogen-bond acceptors (Lipinski definition) is 9. The molecule has 3 heterocycles. The van der Waals surface area contributed by atoms with Crippen LogP contribution < -0.4 is 15.2 Å². The van der Waals surface area contributed by atoms with Crippen molar-refractivity contribution in [2.75, 3.05) is 24.5 Å². The summed E-state index contributed by atoms with van der Waals surface area (Å²) in [5.74, 6) is -2.03. The number of benzene rings is 1. The van der Waals surface area contributed by atoms with Crippen LogP contribution in [0.4, 0.5) is 18.3 Å². The molecule has 1 fully saturated rings. The van der Waals surface area contributed by atoms with E-state index in [0.29, 0.717) is 5.13 Å². The molecule has 3 aromatic rings. The fourth-order valence-corrected chi connectivity index (χ4v) is 5.78. The minimum absolute atomic E-state index is 0.0655. The predicted molar refractivity (Wildman–Crippen MR) is 109 cm³/mol. The molecule has 0 saturated carbocycles. The van der Waals surface area contributed by atoms with Gasteiger partial charge in [-0.2, -0.15) is 9.29 Å². The summed E-state index contributed by atoms with van der Waals surface area (Å²) in [6, 6.07) is 1.98. The number of hydrogen-bond donors (Lipinski definition) is 2. The maximum atomic E-state index is 13.0. The predicted octanol–water partition coefficient (Wildman–Crippen LogP) is 1.24. The molecule has 2 N–H and O–H groups in total. The number of piperazine rings is 1. The van der Waals surface area contributed by atoms with Crippen LogP contribution in [0.15, 0.2) is 40.3 Å². The number of carbonyl (C=O) groups is 1. The van der Waals surface area contributed by atoms with E-state index in [4.69, 9.17) is 0 Å². The van der Waals surface area contributed by atoms with Gasteiger partial charge < -0.3 is 19.7 Å². The molecule has 1 aliphatic heterocycles. The third-order valence-electron chi connectivity index (χ3n) is 4.74. The lowest BCUT2D eigenvalue weighted by atomic mass is 10.2. The molecule has 0 spiro atoms. The van der Waals surface area contributed by atoms with E-state index in [1.807, 2.05) is 0 Å². The number of nitrogens with zero attached hydrogens (tertiary/aromatic N) is 4. The first-order valence-electron chi connectivity index (χ1n) is 9.15. The van der Waals surface area contributed by atoms with Gasteiger partial charge in [-0.25, -0.2) is 13.4 Å². The summed E-state index contributed by atoms with van der Waals surface area (Å²) < 4.78 is 67.8. The second-order valence-corrected chi connectivity index (χ2v) is 9.68. The van der Waals surface area contributed by atoms with Crippen molar-refractivity contribution < 1.29 is 36.2 Å². The van der Waals surface area contributed by atoms with Crippen LogP contribution in [0, 0.1) is 0 Å². The summed E-state index contributed by atoms with van der Waals surface area (Å²) in [4.78, 5) is 35.5. The molecule has 0 aliphatic carbocycles. The van der Waals surface area contributed by atoms with E-state index in [2.05, 4.69) is 19.7 Å². The number of nitrogens with one attached hydrogen (secondary N) is 1. The average molecular weight is 505 g/mol. The minimum atomic E-state index is -4.94. The van der Waals surface area contributed by atoms with Gasteiger partial charge in [-0.15, -0.1) is 13.2 Å². The normalized spacial score (nSPS) is 17.9. The second kappa shape index (κ2) is 8.27. The highest BCUT2D eigenvalue weighted by atomic mass is 32.2. The molecule has 1 atom stereocenters.